The average Bonchev–Trinajstić information content (AvgIpc) is 2.39. The van der Waals surface area contributed by atoms with Crippen molar-refractivity contribution in [2.75, 3.05) is 20.1 Å². The molecule has 0 amide bonds. The van der Waals surface area contributed by atoms with Crippen molar-refractivity contribution >= 4 is 5.65 Å². The van der Waals surface area contributed by atoms with Gasteiger partial charge in [0.05, 0.1) is 5.69 Å². The van der Waals surface area contributed by atoms with Crippen LogP contribution in [-0.2, 0) is 6.54 Å². The molecular formula is C16H24N4O. The van der Waals surface area contributed by atoms with E-state index in [4.69, 9.17) is 5.73 Å². The summed E-state index contributed by atoms with van der Waals surface area (Å²) in [5.74, 6) is 0. The largest absolute Gasteiger partial charge is 0.330 e. The summed E-state index contributed by atoms with van der Waals surface area (Å²) in [4.78, 5) is 18.9. The molecule has 2 aromatic rings. The lowest BCUT2D eigenvalue weighted by Gasteiger charge is -2.28. The lowest BCUT2D eigenvalue weighted by molar-refractivity contribution is 0.208. The quantitative estimate of drug-likeness (QED) is 0.904. The molecule has 0 aliphatic rings. The highest BCUT2D eigenvalue weighted by molar-refractivity contribution is 5.46. The topological polar surface area (TPSA) is 63.6 Å². The van der Waals surface area contributed by atoms with E-state index in [1.54, 1.807) is 16.7 Å². The monoisotopic (exact) mass is 288 g/mol. The maximum absolute atomic E-state index is 12.2. The number of hydrogen-bond donors (Lipinski definition) is 1. The van der Waals surface area contributed by atoms with Gasteiger partial charge in [-0.3, -0.25) is 14.1 Å². The summed E-state index contributed by atoms with van der Waals surface area (Å²) in [5, 5.41) is 0. The van der Waals surface area contributed by atoms with Gasteiger partial charge in [-0.2, -0.15) is 0 Å². The van der Waals surface area contributed by atoms with Crippen molar-refractivity contribution in [1.82, 2.24) is 14.3 Å². The van der Waals surface area contributed by atoms with Gasteiger partial charge in [0, 0.05) is 25.4 Å². The molecule has 114 valence electrons. The van der Waals surface area contributed by atoms with Gasteiger partial charge in [0.25, 0.3) is 5.56 Å². The second-order valence-electron chi connectivity index (χ2n) is 6.51. The van der Waals surface area contributed by atoms with Crippen LogP contribution in [0.15, 0.2) is 29.2 Å². The molecule has 0 radical (unpaired) electrons. The Balaban J connectivity index is 2.27. The Labute approximate surface area is 125 Å². The van der Waals surface area contributed by atoms with E-state index >= 15 is 0 Å². The fraction of sp³-hybridized carbons (Fsp3) is 0.500. The Morgan fingerprint density at radius 3 is 2.81 bits per heavy atom. The summed E-state index contributed by atoms with van der Waals surface area (Å²) in [7, 11) is 2.03. The minimum atomic E-state index is -0.0369. The highest BCUT2D eigenvalue weighted by Crippen LogP contribution is 2.15. The van der Waals surface area contributed by atoms with Crippen LogP contribution in [-0.4, -0.2) is 34.4 Å². The van der Waals surface area contributed by atoms with E-state index in [2.05, 4.69) is 23.7 Å². The lowest BCUT2D eigenvalue weighted by atomic mass is 9.93. The fourth-order valence-corrected chi connectivity index (χ4v) is 2.52. The molecule has 0 aromatic carbocycles. The number of aromatic nitrogens is 2. The van der Waals surface area contributed by atoms with Crippen molar-refractivity contribution < 1.29 is 0 Å². The number of fused-ring (bicyclic) bond motifs is 1. The molecule has 0 bridgehead atoms. The summed E-state index contributed by atoms with van der Waals surface area (Å²) in [6.07, 6.45) is 1.75. The van der Waals surface area contributed by atoms with E-state index in [1.165, 1.54) is 0 Å². The smallest absolute Gasteiger partial charge is 0.258 e. The Hall–Kier alpha value is -1.72. The van der Waals surface area contributed by atoms with Crippen LogP contribution < -0.4 is 11.3 Å². The molecule has 21 heavy (non-hydrogen) atoms. The zero-order valence-corrected chi connectivity index (χ0v) is 13.3. The van der Waals surface area contributed by atoms with Crippen LogP contribution in [0.5, 0.6) is 0 Å². The molecule has 0 spiro atoms. The first-order valence-electron chi connectivity index (χ1n) is 7.19. The number of hydrogen-bond acceptors (Lipinski definition) is 4. The van der Waals surface area contributed by atoms with Gasteiger partial charge in [0.2, 0.25) is 0 Å². The van der Waals surface area contributed by atoms with E-state index < -0.39 is 0 Å². The first-order chi connectivity index (χ1) is 9.82. The third-order valence-electron chi connectivity index (χ3n) is 3.62. The van der Waals surface area contributed by atoms with Gasteiger partial charge in [-0.25, -0.2) is 4.98 Å². The molecule has 2 rings (SSSR count). The lowest BCUT2D eigenvalue weighted by Crippen LogP contribution is -2.36. The van der Waals surface area contributed by atoms with Gasteiger partial charge < -0.3 is 5.73 Å². The van der Waals surface area contributed by atoms with Crippen molar-refractivity contribution in [3.63, 3.8) is 0 Å². The summed E-state index contributed by atoms with van der Waals surface area (Å²) in [6, 6.07) is 5.44. The van der Waals surface area contributed by atoms with Crippen LogP contribution in [0.3, 0.4) is 0 Å². The molecule has 0 fully saturated rings. The summed E-state index contributed by atoms with van der Waals surface area (Å²) in [6.45, 7) is 8.37. The number of rotatable bonds is 5. The Morgan fingerprint density at radius 1 is 1.43 bits per heavy atom. The fourth-order valence-electron chi connectivity index (χ4n) is 2.52. The van der Waals surface area contributed by atoms with Crippen molar-refractivity contribution in [3.8, 4) is 0 Å². The predicted molar refractivity (Wildman–Crippen MR) is 85.4 cm³/mol. The number of aryl methyl sites for hydroxylation is 1. The third kappa shape index (κ3) is 3.68. The standard InChI is InChI=1S/C16H24N4O/c1-12-6-5-7-20-14(21)8-13(18-15(12)20)9-19(4)11-16(2,3)10-17/h5-8H,9-11,17H2,1-4H3. The zero-order valence-electron chi connectivity index (χ0n) is 13.3. The van der Waals surface area contributed by atoms with Crippen LogP contribution >= 0.6 is 0 Å². The third-order valence-corrected chi connectivity index (χ3v) is 3.62. The zero-order chi connectivity index (χ0) is 15.6. The van der Waals surface area contributed by atoms with Gasteiger partial charge in [-0.1, -0.05) is 19.9 Å². The highest BCUT2D eigenvalue weighted by atomic mass is 16.1. The molecule has 2 aromatic heterocycles. The van der Waals surface area contributed by atoms with E-state index in [1.807, 2.05) is 26.1 Å². The van der Waals surface area contributed by atoms with Gasteiger partial charge in [0.15, 0.2) is 0 Å². The van der Waals surface area contributed by atoms with Crippen molar-refractivity contribution in [1.29, 1.82) is 0 Å². The first-order valence-corrected chi connectivity index (χ1v) is 7.19. The highest BCUT2D eigenvalue weighted by Gasteiger charge is 2.18. The Morgan fingerprint density at radius 2 is 2.14 bits per heavy atom. The molecule has 2 heterocycles. The van der Waals surface area contributed by atoms with Crippen LogP contribution in [0.1, 0.15) is 25.1 Å². The second kappa shape index (κ2) is 5.95. The SMILES string of the molecule is Cc1cccn2c(=O)cc(CN(C)CC(C)(C)CN)nc12. The van der Waals surface area contributed by atoms with Gasteiger partial charge >= 0.3 is 0 Å². The normalized spacial score (nSPS) is 12.3. The predicted octanol–water partition coefficient (Wildman–Crippen LogP) is 1.42. The molecule has 5 nitrogen and oxygen atoms in total. The maximum atomic E-state index is 12.2. The van der Waals surface area contributed by atoms with Crippen LogP contribution in [0.4, 0.5) is 0 Å². The molecule has 0 saturated carbocycles. The molecule has 0 saturated heterocycles. The van der Waals surface area contributed by atoms with Crippen LogP contribution in [0.2, 0.25) is 0 Å². The van der Waals surface area contributed by atoms with Crippen molar-refractivity contribution in [2.45, 2.75) is 27.3 Å². The minimum absolute atomic E-state index is 0.0369. The summed E-state index contributed by atoms with van der Waals surface area (Å²) >= 11 is 0. The maximum Gasteiger partial charge on any atom is 0.258 e. The molecular weight excluding hydrogens is 264 g/mol. The Bertz CT molecular complexity index is 690. The van der Waals surface area contributed by atoms with Crippen LogP contribution in [0.25, 0.3) is 5.65 Å². The van der Waals surface area contributed by atoms with Gasteiger partial charge in [-0.15, -0.1) is 0 Å². The molecule has 5 heteroatoms. The molecule has 0 atom stereocenters. The van der Waals surface area contributed by atoms with Gasteiger partial charge in [-0.05, 0) is 37.6 Å². The van der Waals surface area contributed by atoms with E-state index in [-0.39, 0.29) is 11.0 Å². The Kier molecular flexibility index (Phi) is 4.44. The van der Waals surface area contributed by atoms with Crippen molar-refractivity contribution in [2.24, 2.45) is 11.1 Å². The second-order valence-corrected chi connectivity index (χ2v) is 6.51. The number of pyridine rings is 1. The van der Waals surface area contributed by atoms with Crippen LogP contribution in [0, 0.1) is 12.3 Å². The molecule has 2 N–H and O–H groups in total. The number of nitrogens with zero attached hydrogens (tertiary/aromatic N) is 3. The summed E-state index contributed by atoms with van der Waals surface area (Å²) < 4.78 is 1.59. The van der Waals surface area contributed by atoms with E-state index in [9.17, 15) is 4.79 Å². The van der Waals surface area contributed by atoms with Gasteiger partial charge in [0.1, 0.15) is 5.65 Å². The van der Waals surface area contributed by atoms with E-state index in [0.717, 1.165) is 23.4 Å². The van der Waals surface area contributed by atoms with Crippen molar-refractivity contribution in [3.05, 3.63) is 46.0 Å². The minimum Gasteiger partial charge on any atom is -0.330 e. The molecule has 0 aliphatic heterocycles. The number of nitrogens with two attached hydrogens (primary N) is 1. The molecule has 0 unspecified atom stereocenters. The average molecular weight is 288 g/mol. The first kappa shape index (κ1) is 15.7. The summed E-state index contributed by atoms with van der Waals surface area (Å²) in [5.41, 5.74) is 8.31. The molecule has 0 aliphatic carbocycles. The van der Waals surface area contributed by atoms with E-state index in [0.29, 0.717) is 13.1 Å².